The third kappa shape index (κ3) is 5.47. The first-order valence-electron chi connectivity index (χ1n) is 9.50. The van der Waals surface area contributed by atoms with Crippen LogP contribution in [0.3, 0.4) is 0 Å². The average Bonchev–Trinajstić information content (AvgIpc) is 2.83. The van der Waals surface area contributed by atoms with Gasteiger partial charge in [-0.15, -0.1) is 3.89 Å². The molecule has 3 rings (SSSR count). The van der Waals surface area contributed by atoms with E-state index in [1.165, 1.54) is 12.1 Å². The van der Waals surface area contributed by atoms with Gasteiger partial charge in [0.15, 0.2) is 0 Å². The van der Waals surface area contributed by atoms with Crippen molar-refractivity contribution in [3.05, 3.63) is 48.5 Å². The number of hydrogen-bond donors (Lipinski definition) is 0. The third-order valence-electron chi connectivity index (χ3n) is 5.05. The Kier molecular flexibility index (Phi) is 6.09. The summed E-state index contributed by atoms with van der Waals surface area (Å²) in [5, 5.41) is 0. The Labute approximate surface area is 177 Å². The molecule has 2 unspecified atom stereocenters. The first kappa shape index (κ1) is 22.5. The fourth-order valence-corrected chi connectivity index (χ4v) is 3.21. The quantitative estimate of drug-likeness (QED) is 0.286. The maximum atomic E-state index is 13.0. The van der Waals surface area contributed by atoms with Crippen LogP contribution in [0, 0.1) is 0 Å². The third-order valence-corrected chi connectivity index (χ3v) is 5.50. The average molecular weight is 436 g/mol. The molecule has 1 aliphatic heterocycles. The predicted octanol–water partition coefficient (Wildman–Crippen LogP) is 3.68. The van der Waals surface area contributed by atoms with Gasteiger partial charge in [0.25, 0.3) is 10.2 Å². The van der Waals surface area contributed by atoms with E-state index >= 15 is 0 Å². The van der Waals surface area contributed by atoms with Gasteiger partial charge in [-0.2, -0.15) is 4.21 Å². The van der Waals surface area contributed by atoms with Gasteiger partial charge in [-0.1, -0.05) is 12.1 Å². The van der Waals surface area contributed by atoms with Gasteiger partial charge in [-0.05, 0) is 69.6 Å². The molecule has 2 aromatic rings. The van der Waals surface area contributed by atoms with Crippen LogP contribution in [0.2, 0.25) is 0 Å². The minimum atomic E-state index is -4.06. The summed E-state index contributed by atoms with van der Waals surface area (Å²) in [7, 11) is -4.49. The molecular weight excluding hydrogens is 410 g/mol. The van der Waals surface area contributed by atoms with Gasteiger partial charge in [0.2, 0.25) is 6.29 Å². The first-order chi connectivity index (χ1) is 13.8. The largest absolute Gasteiger partial charge is 0.494 e. The van der Waals surface area contributed by atoms with Gasteiger partial charge in [-0.3, -0.25) is 0 Å². The molecule has 30 heavy (non-hydrogen) atoms. The van der Waals surface area contributed by atoms with Crippen LogP contribution >= 0.6 is 0 Å². The van der Waals surface area contributed by atoms with Crippen LogP contribution in [0.15, 0.2) is 48.5 Å². The van der Waals surface area contributed by atoms with Crippen LogP contribution < -0.4 is 19.1 Å². The molecule has 1 heterocycles. The number of hydrogen-bond acceptors (Lipinski definition) is 6. The molecule has 162 valence electrons. The number of halogens is 1. The molecule has 0 amide bonds. The van der Waals surface area contributed by atoms with E-state index in [1.54, 1.807) is 19.1 Å². The summed E-state index contributed by atoms with van der Waals surface area (Å²) in [6, 6.07) is 13.4. The first-order valence-corrected chi connectivity index (χ1v) is 11.1. The Morgan fingerprint density at radius 2 is 1.30 bits per heavy atom. The van der Waals surface area contributed by atoms with E-state index in [0.29, 0.717) is 11.5 Å². The SMILES string of the molecule is C=S(=O)(F)Oc1ccc(OC(C)Oc2ccc(B3OC(C)(C)C(C)(C)O3)cc2)cc1. The lowest BCUT2D eigenvalue weighted by Gasteiger charge is -2.32. The lowest BCUT2D eigenvalue weighted by molar-refractivity contribution is 0.00578. The summed E-state index contributed by atoms with van der Waals surface area (Å²) in [5.41, 5.74) is 0.105. The highest BCUT2D eigenvalue weighted by Crippen LogP contribution is 2.36. The molecule has 0 radical (unpaired) electrons. The molecule has 0 bridgehead atoms. The zero-order valence-electron chi connectivity index (χ0n) is 17.7. The Morgan fingerprint density at radius 1 is 0.900 bits per heavy atom. The van der Waals surface area contributed by atoms with Crippen LogP contribution in [0.1, 0.15) is 34.6 Å². The summed E-state index contributed by atoms with van der Waals surface area (Å²) >= 11 is 0. The molecule has 1 aliphatic rings. The van der Waals surface area contributed by atoms with E-state index < -0.39 is 34.8 Å². The molecule has 1 fully saturated rings. The van der Waals surface area contributed by atoms with Crippen LogP contribution in [0.4, 0.5) is 3.89 Å². The Morgan fingerprint density at radius 3 is 1.73 bits per heavy atom. The number of benzene rings is 2. The molecule has 0 spiro atoms. The zero-order chi connectivity index (χ0) is 22.2. The molecule has 0 saturated carbocycles. The number of rotatable bonds is 7. The van der Waals surface area contributed by atoms with E-state index in [2.05, 4.69) is 10.1 Å². The minimum Gasteiger partial charge on any atom is -0.455 e. The van der Waals surface area contributed by atoms with Crippen molar-refractivity contribution >= 4 is 28.6 Å². The Balaban J connectivity index is 1.57. The summed E-state index contributed by atoms with van der Waals surface area (Å²) in [6.07, 6.45) is -0.585. The lowest BCUT2D eigenvalue weighted by atomic mass is 9.79. The van der Waals surface area contributed by atoms with Gasteiger partial charge in [0.05, 0.1) is 11.2 Å². The molecule has 0 aromatic heterocycles. The van der Waals surface area contributed by atoms with E-state index in [0.717, 1.165) is 5.46 Å². The maximum absolute atomic E-state index is 13.0. The molecule has 6 nitrogen and oxygen atoms in total. The Bertz CT molecular complexity index is 958. The van der Waals surface area contributed by atoms with Gasteiger partial charge in [-0.25, -0.2) is 0 Å². The van der Waals surface area contributed by atoms with Gasteiger partial charge in [0.1, 0.15) is 17.2 Å². The molecule has 2 atom stereocenters. The second kappa shape index (κ2) is 8.13. The molecule has 2 aromatic carbocycles. The summed E-state index contributed by atoms with van der Waals surface area (Å²) in [5.74, 6) is 4.00. The highest BCUT2D eigenvalue weighted by atomic mass is 32.3. The van der Waals surface area contributed by atoms with Crippen LogP contribution in [-0.2, 0) is 19.5 Å². The number of ether oxygens (including phenoxy) is 2. The molecule has 9 heteroatoms. The molecule has 1 saturated heterocycles. The maximum Gasteiger partial charge on any atom is 0.494 e. The fourth-order valence-electron chi connectivity index (χ4n) is 2.81. The monoisotopic (exact) mass is 436 g/mol. The second-order valence-electron chi connectivity index (χ2n) is 8.05. The summed E-state index contributed by atoms with van der Waals surface area (Å²) in [6.45, 7) is 9.79. The molecule has 0 aliphatic carbocycles. The normalized spacial score (nSPS) is 20.3. The topological polar surface area (TPSA) is 63.2 Å². The van der Waals surface area contributed by atoms with E-state index in [-0.39, 0.29) is 5.75 Å². The van der Waals surface area contributed by atoms with E-state index in [1.807, 2.05) is 52.0 Å². The van der Waals surface area contributed by atoms with Gasteiger partial charge < -0.3 is 23.0 Å². The summed E-state index contributed by atoms with van der Waals surface area (Å²) < 4.78 is 52.0. The minimum absolute atomic E-state index is 0.0942. The van der Waals surface area contributed by atoms with Crippen LogP contribution in [0.25, 0.3) is 0 Å². The Hall–Kier alpha value is -2.23. The van der Waals surface area contributed by atoms with E-state index in [9.17, 15) is 8.09 Å². The van der Waals surface area contributed by atoms with Crippen molar-refractivity contribution in [2.45, 2.75) is 52.1 Å². The van der Waals surface area contributed by atoms with Crippen molar-refractivity contribution in [3.63, 3.8) is 0 Å². The van der Waals surface area contributed by atoms with Crippen molar-refractivity contribution in [1.82, 2.24) is 0 Å². The highest BCUT2D eigenvalue weighted by Gasteiger charge is 2.51. The van der Waals surface area contributed by atoms with Crippen molar-refractivity contribution in [3.8, 4) is 17.2 Å². The van der Waals surface area contributed by atoms with Crippen LogP contribution in [-0.4, -0.2) is 34.7 Å². The highest BCUT2D eigenvalue weighted by molar-refractivity contribution is 7.91. The predicted molar refractivity (Wildman–Crippen MR) is 116 cm³/mol. The second-order valence-corrected chi connectivity index (χ2v) is 9.30. The standard InChI is InChI=1S/C21H26BFO6S/c1-15(26-18-11-13-19(14-12-18)27-30(6,23)24)25-17-9-7-16(8-10-17)22-28-20(2,3)21(4,5)29-22/h7-15H,6H2,1-5H3. The smallest absolute Gasteiger partial charge is 0.455 e. The van der Waals surface area contributed by atoms with E-state index in [4.69, 9.17) is 18.8 Å². The fraction of sp³-hybridized carbons (Fsp3) is 0.381. The lowest BCUT2D eigenvalue weighted by Crippen LogP contribution is -2.41. The summed E-state index contributed by atoms with van der Waals surface area (Å²) in [4.78, 5) is 0. The van der Waals surface area contributed by atoms with Gasteiger partial charge >= 0.3 is 7.12 Å². The van der Waals surface area contributed by atoms with Gasteiger partial charge in [0, 0.05) is 12.8 Å². The van der Waals surface area contributed by atoms with Crippen molar-refractivity contribution < 1.29 is 31.1 Å². The zero-order valence-corrected chi connectivity index (χ0v) is 18.5. The van der Waals surface area contributed by atoms with Crippen molar-refractivity contribution in [2.75, 3.05) is 0 Å². The van der Waals surface area contributed by atoms with Crippen LogP contribution in [0.5, 0.6) is 17.2 Å². The van der Waals surface area contributed by atoms with Crippen molar-refractivity contribution in [1.29, 1.82) is 0 Å². The molecular formula is C21H26BFO6S. The molecule has 0 N–H and O–H groups in total. The van der Waals surface area contributed by atoms with Crippen molar-refractivity contribution in [2.24, 2.45) is 0 Å².